The monoisotopic (exact) mass is 436 g/mol. The average Bonchev–Trinajstić information content (AvgIpc) is 2.81. The van der Waals surface area contributed by atoms with Gasteiger partial charge >= 0.3 is 0 Å². The van der Waals surface area contributed by atoms with E-state index in [0.29, 0.717) is 24.4 Å². The van der Waals surface area contributed by atoms with Crippen molar-refractivity contribution in [3.8, 4) is 0 Å². The standard InChI is InChI=1S/C23H28N6O3/c1-15(30)27-8-4-18(5-9-27)28-12-16-10-17(14-28)21-3-2-19(23(32)29(21)13-16)26-22(31)20-11-24-6-7-25-20/h2-3,6-7,11,16-18H,4-5,8-10,12-14H2,1H3,(H,26,31)/t16-,17-/m1/s1. The lowest BCUT2D eigenvalue weighted by molar-refractivity contribution is -0.130. The van der Waals surface area contributed by atoms with E-state index in [0.717, 1.165) is 51.1 Å². The number of fused-ring (bicyclic) bond motifs is 4. The lowest BCUT2D eigenvalue weighted by atomic mass is 9.82. The normalized spacial score (nSPS) is 23.5. The molecule has 5 rings (SSSR count). The van der Waals surface area contributed by atoms with Gasteiger partial charge in [-0.05, 0) is 37.3 Å². The first kappa shape index (κ1) is 20.8. The summed E-state index contributed by atoms with van der Waals surface area (Å²) in [5.74, 6) is 0.450. The zero-order valence-electron chi connectivity index (χ0n) is 18.2. The SMILES string of the molecule is CC(=O)N1CCC(N2C[C@H]3C[C@H](C2)c2ccc(NC(=O)c4cnccn4)c(=O)n2C3)CC1. The molecule has 9 nitrogen and oxygen atoms in total. The highest BCUT2D eigenvalue weighted by molar-refractivity contribution is 6.02. The van der Waals surface area contributed by atoms with Crippen molar-refractivity contribution >= 4 is 17.5 Å². The maximum Gasteiger partial charge on any atom is 0.276 e. The van der Waals surface area contributed by atoms with Crippen LogP contribution in [0.4, 0.5) is 5.69 Å². The van der Waals surface area contributed by atoms with Gasteiger partial charge in [-0.1, -0.05) is 0 Å². The van der Waals surface area contributed by atoms with Crippen LogP contribution in [0, 0.1) is 5.92 Å². The van der Waals surface area contributed by atoms with Gasteiger partial charge in [-0.3, -0.25) is 24.3 Å². The molecule has 3 aliphatic heterocycles. The Kier molecular flexibility index (Phi) is 5.50. The third kappa shape index (κ3) is 3.92. The number of anilines is 1. The maximum absolute atomic E-state index is 13.2. The van der Waals surface area contributed by atoms with Gasteiger partial charge in [-0.2, -0.15) is 0 Å². The van der Waals surface area contributed by atoms with Crippen molar-refractivity contribution in [3.63, 3.8) is 0 Å². The second-order valence-corrected chi connectivity index (χ2v) is 9.12. The molecule has 2 saturated heterocycles. The fourth-order valence-corrected chi connectivity index (χ4v) is 5.52. The number of piperidine rings is 2. The van der Waals surface area contributed by atoms with E-state index in [1.807, 2.05) is 15.5 Å². The Balaban J connectivity index is 1.31. The predicted molar refractivity (Wildman–Crippen MR) is 118 cm³/mol. The molecule has 2 amide bonds. The Morgan fingerprint density at radius 3 is 2.62 bits per heavy atom. The summed E-state index contributed by atoms with van der Waals surface area (Å²) in [5.41, 5.74) is 1.35. The van der Waals surface area contributed by atoms with E-state index in [2.05, 4.69) is 20.2 Å². The minimum Gasteiger partial charge on any atom is -0.343 e. The number of aromatic nitrogens is 3. The Morgan fingerprint density at radius 1 is 1.09 bits per heavy atom. The number of rotatable bonds is 3. The second-order valence-electron chi connectivity index (χ2n) is 9.12. The molecule has 5 heterocycles. The molecule has 168 valence electrons. The third-order valence-electron chi connectivity index (χ3n) is 7.10. The fraction of sp³-hybridized carbons (Fsp3) is 0.522. The molecule has 2 bridgehead atoms. The Morgan fingerprint density at radius 2 is 1.91 bits per heavy atom. The van der Waals surface area contributed by atoms with Gasteiger partial charge in [0.25, 0.3) is 11.5 Å². The first-order chi connectivity index (χ1) is 15.5. The molecule has 2 aromatic heterocycles. The van der Waals surface area contributed by atoms with Gasteiger partial charge in [0, 0.05) is 69.7 Å². The molecule has 0 aliphatic carbocycles. The highest BCUT2D eigenvalue weighted by atomic mass is 16.2. The molecule has 2 aromatic rings. The number of carbonyl (C=O) groups excluding carboxylic acids is 2. The van der Waals surface area contributed by atoms with Crippen molar-refractivity contribution in [2.75, 3.05) is 31.5 Å². The van der Waals surface area contributed by atoms with Crippen LogP contribution in [0.2, 0.25) is 0 Å². The van der Waals surface area contributed by atoms with Crippen LogP contribution >= 0.6 is 0 Å². The minimum absolute atomic E-state index is 0.155. The molecule has 0 aromatic carbocycles. The van der Waals surface area contributed by atoms with Gasteiger partial charge in [-0.15, -0.1) is 0 Å². The zero-order chi connectivity index (χ0) is 22.2. The molecule has 3 aliphatic rings. The summed E-state index contributed by atoms with van der Waals surface area (Å²) >= 11 is 0. The van der Waals surface area contributed by atoms with Crippen LogP contribution in [-0.2, 0) is 11.3 Å². The van der Waals surface area contributed by atoms with Crippen LogP contribution < -0.4 is 10.9 Å². The van der Waals surface area contributed by atoms with E-state index >= 15 is 0 Å². The smallest absolute Gasteiger partial charge is 0.276 e. The third-order valence-corrected chi connectivity index (χ3v) is 7.10. The summed E-state index contributed by atoms with van der Waals surface area (Å²) in [5, 5.41) is 2.70. The molecular weight excluding hydrogens is 408 g/mol. The number of pyridine rings is 1. The molecule has 0 spiro atoms. The zero-order valence-corrected chi connectivity index (χ0v) is 18.2. The first-order valence-corrected chi connectivity index (χ1v) is 11.3. The van der Waals surface area contributed by atoms with Gasteiger partial charge in [0.2, 0.25) is 5.91 Å². The van der Waals surface area contributed by atoms with Crippen LogP contribution in [-0.4, -0.2) is 68.4 Å². The summed E-state index contributed by atoms with van der Waals surface area (Å²) in [6.07, 6.45) is 7.45. The molecule has 1 N–H and O–H groups in total. The number of nitrogens with one attached hydrogen (secondary N) is 1. The van der Waals surface area contributed by atoms with E-state index in [1.165, 1.54) is 18.6 Å². The highest BCUT2D eigenvalue weighted by Gasteiger charge is 2.38. The van der Waals surface area contributed by atoms with E-state index in [1.54, 1.807) is 13.0 Å². The van der Waals surface area contributed by atoms with Gasteiger partial charge in [0.15, 0.2) is 0 Å². The number of amides is 2. The quantitative estimate of drug-likeness (QED) is 0.779. The molecule has 0 unspecified atom stereocenters. The van der Waals surface area contributed by atoms with Crippen LogP contribution in [0.25, 0.3) is 0 Å². The van der Waals surface area contributed by atoms with Crippen molar-refractivity contribution in [3.05, 3.63) is 52.5 Å². The van der Waals surface area contributed by atoms with Crippen molar-refractivity contribution in [2.45, 2.75) is 44.7 Å². The van der Waals surface area contributed by atoms with Crippen LogP contribution in [0.1, 0.15) is 48.3 Å². The highest BCUT2D eigenvalue weighted by Crippen LogP contribution is 2.37. The number of likely N-dealkylation sites (tertiary alicyclic amines) is 2. The first-order valence-electron chi connectivity index (χ1n) is 11.3. The fourth-order valence-electron chi connectivity index (χ4n) is 5.52. The predicted octanol–water partition coefficient (Wildman–Crippen LogP) is 1.32. The largest absolute Gasteiger partial charge is 0.343 e. The van der Waals surface area contributed by atoms with E-state index in [4.69, 9.17) is 0 Å². The lowest BCUT2D eigenvalue weighted by Gasteiger charge is -2.47. The number of hydrogen-bond donors (Lipinski definition) is 1. The van der Waals surface area contributed by atoms with Crippen LogP contribution in [0.15, 0.2) is 35.5 Å². The van der Waals surface area contributed by atoms with Gasteiger partial charge in [0.1, 0.15) is 11.4 Å². The van der Waals surface area contributed by atoms with Gasteiger partial charge in [0.05, 0.1) is 6.20 Å². The molecule has 2 atom stereocenters. The Labute approximate surface area is 186 Å². The van der Waals surface area contributed by atoms with Crippen molar-refractivity contribution in [2.24, 2.45) is 5.92 Å². The number of hydrogen-bond acceptors (Lipinski definition) is 6. The minimum atomic E-state index is -0.435. The van der Waals surface area contributed by atoms with Gasteiger partial charge < -0.3 is 14.8 Å². The molecule has 9 heteroatoms. The van der Waals surface area contributed by atoms with Crippen molar-refractivity contribution in [1.29, 1.82) is 0 Å². The second kappa shape index (κ2) is 8.46. The molecule has 0 saturated carbocycles. The maximum atomic E-state index is 13.2. The summed E-state index contributed by atoms with van der Waals surface area (Å²) in [6.45, 7) is 5.88. The summed E-state index contributed by atoms with van der Waals surface area (Å²) in [7, 11) is 0. The topological polar surface area (TPSA) is 100 Å². The lowest BCUT2D eigenvalue weighted by Crippen LogP contribution is -2.53. The average molecular weight is 437 g/mol. The summed E-state index contributed by atoms with van der Waals surface area (Å²) < 4.78 is 1.85. The van der Waals surface area contributed by atoms with Crippen LogP contribution in [0.5, 0.6) is 0 Å². The van der Waals surface area contributed by atoms with E-state index in [9.17, 15) is 14.4 Å². The molecular formula is C23H28N6O3. The van der Waals surface area contributed by atoms with Crippen molar-refractivity contribution < 1.29 is 9.59 Å². The number of carbonyl (C=O) groups is 2. The number of nitrogens with zero attached hydrogens (tertiary/aromatic N) is 5. The van der Waals surface area contributed by atoms with E-state index in [-0.39, 0.29) is 22.8 Å². The summed E-state index contributed by atoms with van der Waals surface area (Å²) in [6, 6.07) is 4.20. The Bertz CT molecular complexity index is 1080. The Hall–Kier alpha value is -3.07. The molecule has 32 heavy (non-hydrogen) atoms. The summed E-state index contributed by atoms with van der Waals surface area (Å²) in [4.78, 5) is 49.6. The van der Waals surface area contributed by atoms with Crippen LogP contribution in [0.3, 0.4) is 0 Å². The molecule has 0 radical (unpaired) electrons. The van der Waals surface area contributed by atoms with E-state index < -0.39 is 5.91 Å². The van der Waals surface area contributed by atoms with Crippen molar-refractivity contribution in [1.82, 2.24) is 24.3 Å². The molecule has 2 fully saturated rings. The van der Waals surface area contributed by atoms with Gasteiger partial charge in [-0.25, -0.2) is 4.98 Å².